The van der Waals surface area contributed by atoms with Crippen molar-refractivity contribution in [1.82, 2.24) is 15.6 Å². The smallest absolute Gasteiger partial charge is 0.191 e. The molecule has 4 nitrogen and oxygen atoms in total. The standard InChI is InChI=1S/C19H28N4S.HI/c1-5-16-13-22-17(24-16)11-12-21-18(20-4)23-14-19(2,3)15-9-7-6-8-10-15;/h6-10,13H,5,11-12,14H2,1-4H3,(H2,20,21,23);1H. The van der Waals surface area contributed by atoms with Gasteiger partial charge in [0.2, 0.25) is 0 Å². The largest absolute Gasteiger partial charge is 0.356 e. The van der Waals surface area contributed by atoms with Crippen LogP contribution in [0.3, 0.4) is 0 Å². The van der Waals surface area contributed by atoms with Crippen molar-refractivity contribution in [3.8, 4) is 0 Å². The predicted octanol–water partition coefficient (Wildman–Crippen LogP) is 4.01. The molecule has 0 atom stereocenters. The molecule has 0 amide bonds. The van der Waals surface area contributed by atoms with E-state index in [0.717, 1.165) is 31.9 Å². The van der Waals surface area contributed by atoms with Gasteiger partial charge in [-0.05, 0) is 12.0 Å². The van der Waals surface area contributed by atoms with Gasteiger partial charge in [0.25, 0.3) is 0 Å². The average molecular weight is 472 g/mol. The van der Waals surface area contributed by atoms with E-state index in [4.69, 9.17) is 0 Å². The lowest BCUT2D eigenvalue weighted by molar-refractivity contribution is 0.508. The number of halogens is 1. The van der Waals surface area contributed by atoms with E-state index < -0.39 is 0 Å². The molecule has 0 aliphatic rings. The van der Waals surface area contributed by atoms with Crippen molar-refractivity contribution in [1.29, 1.82) is 0 Å². The normalized spacial score (nSPS) is 11.8. The van der Waals surface area contributed by atoms with Gasteiger partial charge in [0.05, 0.1) is 5.01 Å². The zero-order chi connectivity index (χ0) is 17.4. The van der Waals surface area contributed by atoms with Crippen molar-refractivity contribution in [2.75, 3.05) is 20.1 Å². The number of nitrogens with zero attached hydrogens (tertiary/aromatic N) is 2. The molecule has 0 saturated heterocycles. The molecule has 6 heteroatoms. The molecule has 1 heterocycles. The molecule has 0 aliphatic carbocycles. The minimum Gasteiger partial charge on any atom is -0.356 e. The molecule has 0 radical (unpaired) electrons. The van der Waals surface area contributed by atoms with E-state index in [1.165, 1.54) is 15.4 Å². The fraction of sp³-hybridized carbons (Fsp3) is 0.474. The molecule has 0 spiro atoms. The first-order chi connectivity index (χ1) is 11.5. The molecule has 2 N–H and O–H groups in total. The summed E-state index contributed by atoms with van der Waals surface area (Å²) in [6, 6.07) is 10.6. The maximum Gasteiger partial charge on any atom is 0.191 e. The molecule has 1 aromatic carbocycles. The highest BCUT2D eigenvalue weighted by molar-refractivity contribution is 14.0. The van der Waals surface area contributed by atoms with E-state index >= 15 is 0 Å². The van der Waals surface area contributed by atoms with Crippen LogP contribution in [-0.2, 0) is 18.3 Å². The van der Waals surface area contributed by atoms with E-state index in [-0.39, 0.29) is 29.4 Å². The van der Waals surface area contributed by atoms with Crippen molar-refractivity contribution in [3.63, 3.8) is 0 Å². The van der Waals surface area contributed by atoms with Gasteiger partial charge in [0, 0.05) is 43.0 Å². The van der Waals surface area contributed by atoms with Crippen LogP contribution in [0.4, 0.5) is 0 Å². The number of thiazole rings is 1. The topological polar surface area (TPSA) is 49.3 Å². The van der Waals surface area contributed by atoms with Gasteiger partial charge in [0.1, 0.15) is 0 Å². The Hall–Kier alpha value is -1.15. The SMILES string of the molecule is CCc1cnc(CCNC(=NC)NCC(C)(C)c2ccccc2)s1.I. The first-order valence-corrected chi connectivity index (χ1v) is 9.30. The minimum absolute atomic E-state index is 0. The number of nitrogens with one attached hydrogen (secondary N) is 2. The Bertz CT molecular complexity index is 652. The van der Waals surface area contributed by atoms with Crippen LogP contribution in [0.25, 0.3) is 0 Å². The molecule has 2 aromatic rings. The van der Waals surface area contributed by atoms with Gasteiger partial charge >= 0.3 is 0 Å². The monoisotopic (exact) mass is 472 g/mol. The molecule has 0 bridgehead atoms. The number of guanidine groups is 1. The molecule has 25 heavy (non-hydrogen) atoms. The van der Waals surface area contributed by atoms with Crippen molar-refractivity contribution >= 4 is 41.3 Å². The van der Waals surface area contributed by atoms with Crippen LogP contribution < -0.4 is 10.6 Å². The molecular weight excluding hydrogens is 443 g/mol. The summed E-state index contributed by atoms with van der Waals surface area (Å²) in [5.74, 6) is 0.839. The summed E-state index contributed by atoms with van der Waals surface area (Å²) in [4.78, 5) is 10.1. The van der Waals surface area contributed by atoms with Gasteiger partial charge in [-0.15, -0.1) is 35.3 Å². The number of benzene rings is 1. The summed E-state index contributed by atoms with van der Waals surface area (Å²) in [6.45, 7) is 8.31. The average Bonchev–Trinajstić information content (AvgIpc) is 3.06. The maximum absolute atomic E-state index is 4.45. The minimum atomic E-state index is 0. The zero-order valence-corrected chi connectivity index (χ0v) is 18.7. The van der Waals surface area contributed by atoms with Gasteiger partial charge in [-0.2, -0.15) is 0 Å². The first kappa shape index (κ1) is 21.9. The second-order valence-electron chi connectivity index (χ2n) is 6.43. The maximum atomic E-state index is 4.45. The number of aryl methyl sites for hydroxylation is 1. The Labute approximate surface area is 172 Å². The third-order valence-electron chi connectivity index (χ3n) is 4.06. The van der Waals surface area contributed by atoms with E-state index in [1.54, 1.807) is 11.3 Å². The molecular formula is C19H29IN4S. The third-order valence-corrected chi connectivity index (χ3v) is 5.26. The van der Waals surface area contributed by atoms with Crippen molar-refractivity contribution in [2.45, 2.75) is 39.0 Å². The lowest BCUT2D eigenvalue weighted by Gasteiger charge is -2.26. The van der Waals surface area contributed by atoms with Crippen LogP contribution in [0, 0.1) is 0 Å². The summed E-state index contributed by atoms with van der Waals surface area (Å²) in [5.41, 5.74) is 1.37. The number of hydrogen-bond donors (Lipinski definition) is 2. The van der Waals surface area contributed by atoms with Gasteiger partial charge in [-0.25, -0.2) is 4.98 Å². The lowest BCUT2D eigenvalue weighted by Crippen LogP contribution is -2.44. The van der Waals surface area contributed by atoms with E-state index in [2.05, 4.69) is 71.7 Å². The summed E-state index contributed by atoms with van der Waals surface area (Å²) in [5, 5.41) is 7.99. The van der Waals surface area contributed by atoms with Crippen molar-refractivity contribution in [2.24, 2.45) is 4.99 Å². The Morgan fingerprint density at radius 1 is 1.20 bits per heavy atom. The Balaban J connectivity index is 0.00000312. The summed E-state index contributed by atoms with van der Waals surface area (Å²) < 4.78 is 0. The van der Waals surface area contributed by atoms with Crippen LogP contribution in [0.1, 0.15) is 36.2 Å². The van der Waals surface area contributed by atoms with Crippen LogP contribution in [-0.4, -0.2) is 31.1 Å². The Morgan fingerprint density at radius 3 is 2.52 bits per heavy atom. The zero-order valence-electron chi connectivity index (χ0n) is 15.5. The van der Waals surface area contributed by atoms with Crippen molar-refractivity contribution < 1.29 is 0 Å². The number of hydrogen-bond acceptors (Lipinski definition) is 3. The van der Waals surface area contributed by atoms with E-state index in [1.807, 2.05) is 13.2 Å². The number of aliphatic imine (C=N–C) groups is 1. The highest BCUT2D eigenvalue weighted by Gasteiger charge is 2.20. The summed E-state index contributed by atoms with van der Waals surface area (Å²) in [7, 11) is 1.81. The third kappa shape index (κ3) is 6.93. The highest BCUT2D eigenvalue weighted by atomic mass is 127. The van der Waals surface area contributed by atoms with Gasteiger partial charge in [-0.3, -0.25) is 4.99 Å². The fourth-order valence-electron chi connectivity index (χ4n) is 2.43. The summed E-state index contributed by atoms with van der Waals surface area (Å²) >= 11 is 1.80. The second-order valence-corrected chi connectivity index (χ2v) is 7.63. The van der Waals surface area contributed by atoms with Crippen LogP contribution >= 0.6 is 35.3 Å². The lowest BCUT2D eigenvalue weighted by atomic mass is 9.85. The first-order valence-electron chi connectivity index (χ1n) is 8.49. The quantitative estimate of drug-likeness (QED) is 0.364. The molecule has 1 aromatic heterocycles. The molecule has 0 saturated carbocycles. The number of aromatic nitrogens is 1. The second kappa shape index (κ2) is 10.8. The molecule has 0 aliphatic heterocycles. The highest BCUT2D eigenvalue weighted by Crippen LogP contribution is 2.21. The van der Waals surface area contributed by atoms with Crippen LogP contribution in [0.2, 0.25) is 0 Å². The molecule has 0 fully saturated rings. The Kier molecular flexibility index (Phi) is 9.42. The number of rotatable bonds is 7. The predicted molar refractivity (Wildman–Crippen MR) is 119 cm³/mol. The summed E-state index contributed by atoms with van der Waals surface area (Å²) in [6.07, 6.45) is 3.96. The van der Waals surface area contributed by atoms with Crippen LogP contribution in [0.15, 0.2) is 41.5 Å². The van der Waals surface area contributed by atoms with Gasteiger partial charge in [0.15, 0.2) is 5.96 Å². The van der Waals surface area contributed by atoms with Crippen molar-refractivity contribution in [3.05, 3.63) is 52.0 Å². The van der Waals surface area contributed by atoms with Gasteiger partial charge in [-0.1, -0.05) is 51.1 Å². The van der Waals surface area contributed by atoms with E-state index in [0.29, 0.717) is 0 Å². The fourth-order valence-corrected chi connectivity index (χ4v) is 3.29. The Morgan fingerprint density at radius 2 is 1.92 bits per heavy atom. The van der Waals surface area contributed by atoms with Gasteiger partial charge < -0.3 is 10.6 Å². The van der Waals surface area contributed by atoms with Crippen LogP contribution in [0.5, 0.6) is 0 Å². The molecule has 138 valence electrons. The molecule has 2 rings (SSSR count). The molecule has 0 unspecified atom stereocenters. The van der Waals surface area contributed by atoms with E-state index in [9.17, 15) is 0 Å².